The SMILES string of the molecule is CO[C@]12CNC[C@H]1CN(Cc1ccccc1)C2. The van der Waals surface area contributed by atoms with Gasteiger partial charge in [-0.15, -0.1) is 0 Å². The molecule has 1 N–H and O–H groups in total. The molecule has 3 nitrogen and oxygen atoms in total. The number of methoxy groups -OCH3 is 1. The Kier molecular flexibility index (Phi) is 2.90. The first kappa shape index (κ1) is 11.2. The molecular formula is C14H20N2O. The lowest BCUT2D eigenvalue weighted by molar-refractivity contribution is -0.00608. The summed E-state index contributed by atoms with van der Waals surface area (Å²) in [5.41, 5.74) is 1.46. The van der Waals surface area contributed by atoms with Crippen molar-refractivity contribution < 1.29 is 4.74 Å². The molecule has 3 heteroatoms. The van der Waals surface area contributed by atoms with Crippen LogP contribution in [0.3, 0.4) is 0 Å². The van der Waals surface area contributed by atoms with E-state index in [1.807, 2.05) is 7.11 Å². The van der Waals surface area contributed by atoms with Gasteiger partial charge in [-0.05, 0) is 5.56 Å². The van der Waals surface area contributed by atoms with Crippen molar-refractivity contribution in [1.29, 1.82) is 0 Å². The van der Waals surface area contributed by atoms with E-state index in [4.69, 9.17) is 4.74 Å². The first-order valence-corrected chi connectivity index (χ1v) is 6.34. The van der Waals surface area contributed by atoms with Crippen molar-refractivity contribution in [3.05, 3.63) is 35.9 Å². The predicted octanol–water partition coefficient (Wildman–Crippen LogP) is 1.11. The molecule has 0 saturated carbocycles. The number of nitrogens with zero attached hydrogens (tertiary/aromatic N) is 1. The molecule has 0 aromatic heterocycles. The van der Waals surface area contributed by atoms with Gasteiger partial charge in [-0.3, -0.25) is 4.90 Å². The van der Waals surface area contributed by atoms with E-state index in [2.05, 4.69) is 40.5 Å². The molecule has 1 aromatic rings. The molecule has 92 valence electrons. The second kappa shape index (κ2) is 4.41. The molecule has 2 heterocycles. The third kappa shape index (κ3) is 1.99. The third-order valence-electron chi connectivity index (χ3n) is 4.18. The summed E-state index contributed by atoms with van der Waals surface area (Å²) in [5.74, 6) is 0.649. The van der Waals surface area contributed by atoms with Gasteiger partial charge in [-0.2, -0.15) is 0 Å². The molecular weight excluding hydrogens is 212 g/mol. The van der Waals surface area contributed by atoms with E-state index < -0.39 is 0 Å². The first-order chi connectivity index (χ1) is 8.32. The summed E-state index contributed by atoms with van der Waals surface area (Å²) in [6.45, 7) is 5.34. The number of likely N-dealkylation sites (tertiary alicyclic amines) is 1. The highest BCUT2D eigenvalue weighted by Crippen LogP contribution is 2.34. The largest absolute Gasteiger partial charge is 0.375 e. The maximum atomic E-state index is 5.79. The molecule has 0 spiro atoms. The maximum Gasteiger partial charge on any atom is 0.0980 e. The quantitative estimate of drug-likeness (QED) is 0.845. The van der Waals surface area contributed by atoms with Crippen LogP contribution in [0, 0.1) is 5.92 Å². The Bertz CT molecular complexity index is 381. The van der Waals surface area contributed by atoms with Crippen LogP contribution in [-0.4, -0.2) is 43.8 Å². The van der Waals surface area contributed by atoms with Gasteiger partial charge in [0.25, 0.3) is 0 Å². The number of rotatable bonds is 3. The van der Waals surface area contributed by atoms with Crippen LogP contribution in [0.1, 0.15) is 5.56 Å². The fourth-order valence-electron chi connectivity index (χ4n) is 3.22. The molecule has 17 heavy (non-hydrogen) atoms. The molecule has 0 radical (unpaired) electrons. The zero-order valence-electron chi connectivity index (χ0n) is 10.4. The van der Waals surface area contributed by atoms with Crippen molar-refractivity contribution in [3.8, 4) is 0 Å². The van der Waals surface area contributed by atoms with Crippen LogP contribution in [0.25, 0.3) is 0 Å². The van der Waals surface area contributed by atoms with Crippen molar-refractivity contribution in [2.75, 3.05) is 33.3 Å². The zero-order valence-corrected chi connectivity index (χ0v) is 10.4. The van der Waals surface area contributed by atoms with Gasteiger partial charge < -0.3 is 10.1 Å². The first-order valence-electron chi connectivity index (χ1n) is 6.34. The van der Waals surface area contributed by atoms with Gasteiger partial charge in [0.1, 0.15) is 0 Å². The molecule has 0 aliphatic carbocycles. The minimum atomic E-state index is 0.0643. The summed E-state index contributed by atoms with van der Waals surface area (Å²) in [4.78, 5) is 2.52. The van der Waals surface area contributed by atoms with Gasteiger partial charge in [0, 0.05) is 45.8 Å². The number of hydrogen-bond acceptors (Lipinski definition) is 3. The van der Waals surface area contributed by atoms with Crippen LogP contribution >= 0.6 is 0 Å². The second-order valence-corrected chi connectivity index (χ2v) is 5.25. The van der Waals surface area contributed by atoms with E-state index in [1.54, 1.807) is 0 Å². The molecule has 2 atom stereocenters. The number of hydrogen-bond donors (Lipinski definition) is 1. The smallest absolute Gasteiger partial charge is 0.0980 e. The summed E-state index contributed by atoms with van der Waals surface area (Å²) >= 11 is 0. The van der Waals surface area contributed by atoms with Crippen LogP contribution in [-0.2, 0) is 11.3 Å². The fourth-order valence-corrected chi connectivity index (χ4v) is 3.22. The van der Waals surface area contributed by atoms with Gasteiger partial charge in [0.05, 0.1) is 5.60 Å². The molecule has 0 amide bonds. The minimum absolute atomic E-state index is 0.0643. The van der Waals surface area contributed by atoms with Gasteiger partial charge in [-0.25, -0.2) is 0 Å². The van der Waals surface area contributed by atoms with Crippen LogP contribution in [0.2, 0.25) is 0 Å². The van der Waals surface area contributed by atoms with E-state index in [0.29, 0.717) is 5.92 Å². The minimum Gasteiger partial charge on any atom is -0.375 e. The van der Waals surface area contributed by atoms with Gasteiger partial charge in [-0.1, -0.05) is 30.3 Å². The normalized spacial score (nSPS) is 32.9. The summed E-state index contributed by atoms with van der Waals surface area (Å²) in [5, 5.41) is 3.45. The summed E-state index contributed by atoms with van der Waals surface area (Å²) in [6.07, 6.45) is 0. The average Bonchev–Trinajstić information content (AvgIpc) is 2.87. The van der Waals surface area contributed by atoms with Crippen molar-refractivity contribution in [3.63, 3.8) is 0 Å². The molecule has 2 aliphatic rings. The molecule has 2 aliphatic heterocycles. The van der Waals surface area contributed by atoms with Gasteiger partial charge >= 0.3 is 0 Å². The number of fused-ring (bicyclic) bond motifs is 1. The van der Waals surface area contributed by atoms with E-state index in [-0.39, 0.29) is 5.60 Å². The Morgan fingerprint density at radius 3 is 2.94 bits per heavy atom. The number of benzene rings is 1. The molecule has 3 rings (SSSR count). The highest BCUT2D eigenvalue weighted by atomic mass is 16.5. The lowest BCUT2D eigenvalue weighted by Crippen LogP contribution is -2.41. The van der Waals surface area contributed by atoms with Gasteiger partial charge in [0.2, 0.25) is 0 Å². The van der Waals surface area contributed by atoms with Crippen molar-refractivity contribution in [1.82, 2.24) is 10.2 Å². The Balaban J connectivity index is 1.68. The average molecular weight is 232 g/mol. The van der Waals surface area contributed by atoms with E-state index in [9.17, 15) is 0 Å². The highest BCUT2D eigenvalue weighted by Gasteiger charge is 2.49. The summed E-state index contributed by atoms with van der Waals surface area (Å²) < 4.78 is 5.79. The fraction of sp³-hybridized carbons (Fsp3) is 0.571. The van der Waals surface area contributed by atoms with Crippen molar-refractivity contribution in [2.24, 2.45) is 5.92 Å². The Morgan fingerprint density at radius 2 is 2.24 bits per heavy atom. The van der Waals surface area contributed by atoms with Crippen molar-refractivity contribution >= 4 is 0 Å². The van der Waals surface area contributed by atoms with Crippen LogP contribution in [0.4, 0.5) is 0 Å². The van der Waals surface area contributed by atoms with Crippen LogP contribution in [0.5, 0.6) is 0 Å². The monoisotopic (exact) mass is 232 g/mol. The topological polar surface area (TPSA) is 24.5 Å². The van der Waals surface area contributed by atoms with E-state index in [0.717, 1.165) is 32.7 Å². The van der Waals surface area contributed by atoms with E-state index >= 15 is 0 Å². The lowest BCUT2D eigenvalue weighted by atomic mass is 9.95. The van der Waals surface area contributed by atoms with Crippen LogP contribution < -0.4 is 5.32 Å². The maximum absolute atomic E-state index is 5.79. The second-order valence-electron chi connectivity index (χ2n) is 5.25. The molecule has 2 saturated heterocycles. The van der Waals surface area contributed by atoms with E-state index in [1.165, 1.54) is 5.56 Å². The highest BCUT2D eigenvalue weighted by molar-refractivity contribution is 5.16. The Labute approximate surface area is 103 Å². The standard InChI is InChI=1S/C14H20N2O/c1-17-14-10-15-7-13(14)9-16(11-14)8-12-5-3-2-4-6-12/h2-6,13,15H,7-11H2,1H3/t13-,14-/m0/s1. The predicted molar refractivity (Wildman–Crippen MR) is 67.8 cm³/mol. The summed E-state index contributed by atoms with van der Waals surface area (Å²) in [6, 6.07) is 10.7. The molecule has 2 fully saturated rings. The van der Waals surface area contributed by atoms with Crippen LogP contribution in [0.15, 0.2) is 30.3 Å². The zero-order chi connectivity index (χ0) is 11.7. The Morgan fingerprint density at radius 1 is 1.41 bits per heavy atom. The lowest BCUT2D eigenvalue weighted by Gasteiger charge is -2.26. The van der Waals surface area contributed by atoms with Crippen molar-refractivity contribution in [2.45, 2.75) is 12.1 Å². The number of nitrogens with one attached hydrogen (secondary N) is 1. The Hall–Kier alpha value is -0.900. The molecule has 0 unspecified atom stereocenters. The third-order valence-corrected chi connectivity index (χ3v) is 4.18. The summed E-state index contributed by atoms with van der Waals surface area (Å²) in [7, 11) is 1.85. The molecule has 1 aromatic carbocycles. The molecule has 0 bridgehead atoms. The van der Waals surface area contributed by atoms with Gasteiger partial charge in [0.15, 0.2) is 0 Å². The number of ether oxygens (including phenoxy) is 1.